The maximum Gasteiger partial charge on any atom is 0.408 e. The molecule has 0 unspecified atom stereocenters. The van der Waals surface area contributed by atoms with E-state index < -0.39 is 59.4 Å². The van der Waals surface area contributed by atoms with E-state index in [0.29, 0.717) is 53.7 Å². The smallest absolute Gasteiger partial charge is 0.377 e. The van der Waals surface area contributed by atoms with Crippen LogP contribution in [0.25, 0.3) is 16.8 Å². The van der Waals surface area contributed by atoms with Crippen molar-refractivity contribution in [1.29, 1.82) is 0 Å². The van der Waals surface area contributed by atoms with E-state index in [1.165, 1.54) is 12.3 Å². The van der Waals surface area contributed by atoms with Crippen LogP contribution in [-0.4, -0.2) is 77.0 Å². The Balaban J connectivity index is 1.00. The Hall–Kier alpha value is -6.11. The number of hydrogen-bond donors (Lipinski definition) is 1. The second-order valence-corrected chi connectivity index (χ2v) is 12.6. The number of aromatic nitrogens is 8. The molecule has 6 aromatic rings. The van der Waals surface area contributed by atoms with Gasteiger partial charge in [0.2, 0.25) is 0 Å². The van der Waals surface area contributed by atoms with Gasteiger partial charge in [0.25, 0.3) is 0 Å². The number of aliphatic hydroxyl groups is 1. The van der Waals surface area contributed by atoms with E-state index in [-0.39, 0.29) is 0 Å². The zero-order valence-electron chi connectivity index (χ0n) is 28.0. The van der Waals surface area contributed by atoms with Crippen LogP contribution in [0.4, 0.5) is 42.1 Å². The molecular formula is C35H29F7N10O2. The Morgan fingerprint density at radius 1 is 0.722 bits per heavy atom. The van der Waals surface area contributed by atoms with E-state index in [4.69, 9.17) is 0 Å². The standard InChI is InChI=1S/C35H29F7N10O2/c36-25-4-11-29(30(37)17-25)33(54,19-50-21-44-46-47-50)35(41,42)31-12-3-24(18-43-31)23-1-5-26(6-2-23)48-13-15-49(16-14-48)27-7-9-28(10-8-27)51-22-45-52(32(51)53)20-34(38,39)40/h1-12,17-18,21-22,54H,13-16,19-20H2/t33-/m0/s1. The summed E-state index contributed by atoms with van der Waals surface area (Å²) in [5.41, 5.74) is -2.50. The molecule has 0 aliphatic carbocycles. The summed E-state index contributed by atoms with van der Waals surface area (Å²) in [5.74, 6) is -6.58. The lowest BCUT2D eigenvalue weighted by Crippen LogP contribution is -2.48. The van der Waals surface area contributed by atoms with Crippen LogP contribution < -0.4 is 15.5 Å². The van der Waals surface area contributed by atoms with Crippen LogP contribution in [0.15, 0.2) is 103 Å². The molecule has 1 fully saturated rings. The van der Waals surface area contributed by atoms with E-state index in [0.717, 1.165) is 51.5 Å². The third-order valence-electron chi connectivity index (χ3n) is 9.16. The summed E-state index contributed by atoms with van der Waals surface area (Å²) in [6.07, 6.45) is -1.33. The zero-order chi connectivity index (χ0) is 38.3. The highest BCUT2D eigenvalue weighted by Gasteiger charge is 2.58. The predicted octanol–water partition coefficient (Wildman–Crippen LogP) is 4.93. The van der Waals surface area contributed by atoms with Crippen LogP contribution in [0.2, 0.25) is 0 Å². The van der Waals surface area contributed by atoms with Gasteiger partial charge in [-0.1, -0.05) is 18.2 Å². The van der Waals surface area contributed by atoms with Crippen molar-refractivity contribution in [1.82, 2.24) is 39.5 Å². The molecule has 19 heteroatoms. The lowest BCUT2D eigenvalue weighted by molar-refractivity contribution is -0.207. The lowest BCUT2D eigenvalue weighted by atomic mass is 9.84. The number of alkyl halides is 5. The quantitative estimate of drug-likeness (QED) is 0.194. The molecule has 3 aromatic heterocycles. The monoisotopic (exact) mass is 754 g/mol. The third-order valence-corrected chi connectivity index (χ3v) is 9.16. The van der Waals surface area contributed by atoms with Gasteiger partial charge in [-0.3, -0.25) is 4.98 Å². The highest BCUT2D eigenvalue weighted by molar-refractivity contribution is 5.66. The molecule has 1 atom stereocenters. The van der Waals surface area contributed by atoms with Crippen LogP contribution in [-0.2, 0) is 24.6 Å². The molecule has 0 saturated carbocycles. The number of nitrogens with zero attached hydrogens (tertiary/aromatic N) is 10. The van der Waals surface area contributed by atoms with Gasteiger partial charge in [-0.25, -0.2) is 27.5 Å². The largest absolute Gasteiger partial charge is 0.408 e. The fraction of sp³-hybridized carbons (Fsp3) is 0.257. The number of anilines is 2. The first-order chi connectivity index (χ1) is 25.7. The molecule has 1 aliphatic rings. The van der Waals surface area contributed by atoms with Crippen molar-refractivity contribution in [2.75, 3.05) is 36.0 Å². The molecule has 3 aromatic carbocycles. The second kappa shape index (κ2) is 14.0. The first-order valence-electron chi connectivity index (χ1n) is 16.4. The van der Waals surface area contributed by atoms with E-state index in [9.17, 15) is 31.9 Å². The van der Waals surface area contributed by atoms with E-state index in [2.05, 4.69) is 35.4 Å². The van der Waals surface area contributed by atoms with Crippen LogP contribution in [0.5, 0.6) is 0 Å². The summed E-state index contributed by atoms with van der Waals surface area (Å²) in [6, 6.07) is 18.6. The van der Waals surface area contributed by atoms with Gasteiger partial charge in [0.1, 0.15) is 36.5 Å². The number of piperazine rings is 1. The van der Waals surface area contributed by atoms with Gasteiger partial charge < -0.3 is 14.9 Å². The summed E-state index contributed by atoms with van der Waals surface area (Å²) in [4.78, 5) is 20.6. The average Bonchev–Trinajstić information content (AvgIpc) is 3.80. The zero-order valence-corrected chi connectivity index (χ0v) is 28.0. The first kappa shape index (κ1) is 36.3. The Labute approximate surface area is 301 Å². The van der Waals surface area contributed by atoms with Crippen LogP contribution in [0.1, 0.15) is 11.3 Å². The van der Waals surface area contributed by atoms with Gasteiger partial charge in [0.15, 0.2) is 5.60 Å². The summed E-state index contributed by atoms with van der Waals surface area (Å²) in [7, 11) is 0. The third kappa shape index (κ3) is 7.13. The number of tetrazole rings is 1. The van der Waals surface area contributed by atoms with Gasteiger partial charge in [0.05, 0.1) is 12.2 Å². The molecule has 0 amide bonds. The van der Waals surface area contributed by atoms with Crippen molar-refractivity contribution in [2.24, 2.45) is 0 Å². The molecule has 0 bridgehead atoms. The summed E-state index contributed by atoms with van der Waals surface area (Å²) in [6.45, 7) is 0.208. The van der Waals surface area contributed by atoms with Crippen LogP contribution in [0, 0.1) is 11.6 Å². The SMILES string of the molecule is O=c1n(-c2ccc(N3CCN(c4ccc(-c5ccc(C(F)(F)[C@](O)(Cn6cnnn6)c6ccc(F)cc6F)nc5)cc4)CC3)cc2)cnn1CC(F)(F)F. The predicted molar refractivity (Wildman–Crippen MR) is 180 cm³/mol. The van der Waals surface area contributed by atoms with Gasteiger partial charge in [-0.2, -0.15) is 27.1 Å². The maximum atomic E-state index is 16.1. The number of pyridine rings is 1. The Bertz CT molecular complexity index is 2270. The molecule has 54 heavy (non-hydrogen) atoms. The van der Waals surface area contributed by atoms with Crippen molar-refractivity contribution in [3.8, 4) is 16.8 Å². The van der Waals surface area contributed by atoms with Crippen molar-refractivity contribution in [3.63, 3.8) is 0 Å². The lowest BCUT2D eigenvalue weighted by Gasteiger charge is -2.37. The molecule has 4 heterocycles. The topological polar surface area (TPSA) is 123 Å². The Morgan fingerprint density at radius 2 is 1.33 bits per heavy atom. The molecule has 7 rings (SSSR count). The number of rotatable bonds is 10. The van der Waals surface area contributed by atoms with Gasteiger partial charge >= 0.3 is 17.8 Å². The highest BCUT2D eigenvalue weighted by atomic mass is 19.4. The molecule has 280 valence electrons. The van der Waals surface area contributed by atoms with Gasteiger partial charge in [0, 0.05) is 60.9 Å². The summed E-state index contributed by atoms with van der Waals surface area (Å²) in [5, 5.41) is 25.2. The van der Waals surface area contributed by atoms with Gasteiger partial charge in [-0.05, 0) is 70.6 Å². The van der Waals surface area contributed by atoms with E-state index >= 15 is 8.78 Å². The normalized spacial score (nSPS) is 15.0. The van der Waals surface area contributed by atoms with E-state index in [1.807, 2.05) is 24.3 Å². The van der Waals surface area contributed by atoms with Crippen molar-refractivity contribution < 1.29 is 35.8 Å². The molecule has 1 N–H and O–H groups in total. The average molecular weight is 755 g/mol. The number of benzene rings is 3. The molecule has 1 saturated heterocycles. The van der Waals surface area contributed by atoms with Crippen LogP contribution in [0.3, 0.4) is 0 Å². The fourth-order valence-corrected chi connectivity index (χ4v) is 6.33. The fourth-order valence-electron chi connectivity index (χ4n) is 6.33. The van der Waals surface area contributed by atoms with Gasteiger partial charge in [-0.15, -0.1) is 5.10 Å². The van der Waals surface area contributed by atoms with Crippen molar-refractivity contribution >= 4 is 11.4 Å². The Kier molecular flexibility index (Phi) is 9.42. The van der Waals surface area contributed by atoms with Crippen molar-refractivity contribution in [2.45, 2.75) is 30.8 Å². The number of halogens is 7. The molecule has 1 aliphatic heterocycles. The van der Waals surface area contributed by atoms with E-state index in [1.54, 1.807) is 24.3 Å². The van der Waals surface area contributed by atoms with Crippen molar-refractivity contribution in [3.05, 3.63) is 131 Å². The molecule has 0 spiro atoms. The number of hydrogen-bond acceptors (Lipinski definition) is 9. The van der Waals surface area contributed by atoms with Crippen LogP contribution >= 0.6 is 0 Å². The molecular weight excluding hydrogens is 725 g/mol. The summed E-state index contributed by atoms with van der Waals surface area (Å²) >= 11 is 0. The Morgan fingerprint density at radius 3 is 1.89 bits per heavy atom. The minimum atomic E-state index is -4.57. The molecule has 12 nitrogen and oxygen atoms in total. The molecule has 0 radical (unpaired) electrons. The first-order valence-corrected chi connectivity index (χ1v) is 16.4. The summed E-state index contributed by atoms with van der Waals surface area (Å²) < 4.78 is 101. The highest BCUT2D eigenvalue weighted by Crippen LogP contribution is 2.47. The minimum absolute atomic E-state index is 0.361. The second-order valence-electron chi connectivity index (χ2n) is 12.6. The maximum absolute atomic E-state index is 16.1. The minimum Gasteiger partial charge on any atom is -0.377 e.